The van der Waals surface area contributed by atoms with Crippen LogP contribution < -0.4 is 5.73 Å². The predicted octanol–water partition coefficient (Wildman–Crippen LogP) is 1.10. The second-order valence-electron chi connectivity index (χ2n) is 5.77. The lowest BCUT2D eigenvalue weighted by Crippen LogP contribution is -2.51. The summed E-state index contributed by atoms with van der Waals surface area (Å²) >= 11 is 5.22. The molecule has 0 bridgehead atoms. The van der Waals surface area contributed by atoms with E-state index in [0.717, 1.165) is 32.1 Å². The highest BCUT2D eigenvalue weighted by atomic mass is 32.1. The van der Waals surface area contributed by atoms with E-state index in [2.05, 4.69) is 0 Å². The molecule has 114 valence electrons. The van der Waals surface area contributed by atoms with Crippen LogP contribution in [0.4, 0.5) is 0 Å². The third-order valence-electron chi connectivity index (χ3n) is 4.70. The summed E-state index contributed by atoms with van der Waals surface area (Å²) in [6.07, 6.45) is 4.57. The molecule has 1 heterocycles. The van der Waals surface area contributed by atoms with Crippen LogP contribution in [0.5, 0.6) is 0 Å². The molecule has 1 saturated heterocycles. The number of nitrogens with zero attached hydrogens (tertiary/aromatic N) is 1. The van der Waals surface area contributed by atoms with Crippen LogP contribution in [0.2, 0.25) is 0 Å². The van der Waals surface area contributed by atoms with Gasteiger partial charge in [0.2, 0.25) is 5.91 Å². The summed E-state index contributed by atoms with van der Waals surface area (Å²) in [5.74, 6) is 0.0614. The monoisotopic (exact) mass is 300 g/mol. The molecule has 0 aromatic heterocycles. The first-order valence-corrected chi connectivity index (χ1v) is 7.61. The number of carbonyl (C=O) groups excluding carboxylic acids is 1. The molecule has 0 aromatic carbocycles. The molecule has 0 spiro atoms. The third-order valence-corrected chi connectivity index (χ3v) is 5.09. The Kier molecular flexibility index (Phi) is 4.99. The molecule has 5 nitrogen and oxygen atoms in total. The quantitative estimate of drug-likeness (QED) is 0.788. The highest BCUT2D eigenvalue weighted by Crippen LogP contribution is 2.39. The van der Waals surface area contributed by atoms with Gasteiger partial charge in [0.15, 0.2) is 0 Å². The largest absolute Gasteiger partial charge is 0.392 e. The molecular formula is C14H24N2O3S. The number of methoxy groups -OCH3 is 2. The Labute approximate surface area is 125 Å². The van der Waals surface area contributed by atoms with Gasteiger partial charge < -0.3 is 20.1 Å². The Morgan fingerprint density at radius 3 is 2.05 bits per heavy atom. The second-order valence-corrected chi connectivity index (χ2v) is 6.21. The highest BCUT2D eigenvalue weighted by molar-refractivity contribution is 7.80. The van der Waals surface area contributed by atoms with E-state index in [9.17, 15) is 4.79 Å². The molecule has 1 saturated carbocycles. The first-order chi connectivity index (χ1) is 9.55. The first kappa shape index (κ1) is 15.7. The normalized spacial score (nSPS) is 29.4. The van der Waals surface area contributed by atoms with Crippen molar-refractivity contribution in [1.29, 1.82) is 0 Å². The van der Waals surface area contributed by atoms with Gasteiger partial charge in [-0.2, -0.15) is 0 Å². The minimum absolute atomic E-state index is 0.0614. The van der Waals surface area contributed by atoms with E-state index in [1.807, 2.05) is 4.90 Å². The second kappa shape index (κ2) is 6.37. The molecule has 0 radical (unpaired) electrons. The standard InChI is InChI=1S/C14H24N2O3S/c1-18-10-8-16(9-11(10)19-2)13(17)14(12(15)20)6-4-3-5-7-14/h10-11H,3-9H2,1-2H3,(H2,15,20). The fraction of sp³-hybridized carbons (Fsp3) is 0.857. The average molecular weight is 300 g/mol. The SMILES string of the molecule is COC1CN(C(=O)C2(C(N)=S)CCCCC2)CC1OC. The number of thiocarbonyl (C=S) groups is 1. The Bertz CT molecular complexity index is 371. The Morgan fingerprint density at radius 1 is 1.15 bits per heavy atom. The third kappa shape index (κ3) is 2.69. The lowest BCUT2D eigenvalue weighted by molar-refractivity contribution is -0.139. The average Bonchev–Trinajstić information content (AvgIpc) is 2.90. The molecule has 2 fully saturated rings. The van der Waals surface area contributed by atoms with Crippen molar-refractivity contribution >= 4 is 23.1 Å². The molecular weight excluding hydrogens is 276 g/mol. The fourth-order valence-electron chi connectivity index (χ4n) is 3.39. The van der Waals surface area contributed by atoms with Crippen molar-refractivity contribution in [3.63, 3.8) is 0 Å². The van der Waals surface area contributed by atoms with Gasteiger partial charge in [-0.05, 0) is 12.8 Å². The van der Waals surface area contributed by atoms with Gasteiger partial charge in [-0.25, -0.2) is 0 Å². The van der Waals surface area contributed by atoms with Gasteiger partial charge in [0.1, 0.15) is 12.2 Å². The number of ether oxygens (including phenoxy) is 2. The maximum absolute atomic E-state index is 12.9. The minimum atomic E-state index is -0.644. The van der Waals surface area contributed by atoms with Crippen LogP contribution in [0, 0.1) is 5.41 Å². The van der Waals surface area contributed by atoms with E-state index < -0.39 is 5.41 Å². The molecule has 2 unspecified atom stereocenters. The summed E-state index contributed by atoms with van der Waals surface area (Å²) in [7, 11) is 3.29. The molecule has 20 heavy (non-hydrogen) atoms. The van der Waals surface area contributed by atoms with Crippen molar-refractivity contribution < 1.29 is 14.3 Å². The molecule has 2 N–H and O–H groups in total. The number of hydrogen-bond donors (Lipinski definition) is 1. The number of likely N-dealkylation sites (tertiary alicyclic amines) is 1. The Hall–Kier alpha value is -0.720. The molecule has 2 atom stereocenters. The van der Waals surface area contributed by atoms with E-state index in [-0.39, 0.29) is 18.1 Å². The molecule has 2 aliphatic rings. The van der Waals surface area contributed by atoms with Gasteiger partial charge in [-0.15, -0.1) is 0 Å². The van der Waals surface area contributed by atoms with Crippen LogP contribution in [0.15, 0.2) is 0 Å². The summed E-state index contributed by atoms with van der Waals surface area (Å²) in [4.78, 5) is 15.1. The van der Waals surface area contributed by atoms with Crippen molar-refractivity contribution in [2.45, 2.75) is 44.3 Å². The van der Waals surface area contributed by atoms with Gasteiger partial charge >= 0.3 is 0 Å². The fourth-order valence-corrected chi connectivity index (χ4v) is 3.68. The molecule has 6 heteroatoms. The van der Waals surface area contributed by atoms with Crippen molar-refractivity contribution in [2.24, 2.45) is 11.1 Å². The molecule has 1 aliphatic carbocycles. The Balaban J connectivity index is 2.15. The number of rotatable bonds is 4. The van der Waals surface area contributed by atoms with Crippen LogP contribution in [0.25, 0.3) is 0 Å². The number of carbonyl (C=O) groups is 1. The van der Waals surface area contributed by atoms with Gasteiger partial charge in [0.25, 0.3) is 0 Å². The predicted molar refractivity (Wildman–Crippen MR) is 80.5 cm³/mol. The lowest BCUT2D eigenvalue weighted by atomic mass is 9.73. The lowest BCUT2D eigenvalue weighted by Gasteiger charge is -2.37. The van der Waals surface area contributed by atoms with Crippen LogP contribution in [0.1, 0.15) is 32.1 Å². The van der Waals surface area contributed by atoms with Gasteiger partial charge in [-0.1, -0.05) is 31.5 Å². The summed E-state index contributed by atoms with van der Waals surface area (Å²) in [6.45, 7) is 1.11. The number of hydrogen-bond acceptors (Lipinski definition) is 4. The zero-order valence-corrected chi connectivity index (χ0v) is 13.1. The zero-order chi connectivity index (χ0) is 14.8. The van der Waals surface area contributed by atoms with Crippen molar-refractivity contribution in [1.82, 2.24) is 4.90 Å². The van der Waals surface area contributed by atoms with Crippen molar-refractivity contribution in [2.75, 3.05) is 27.3 Å². The van der Waals surface area contributed by atoms with E-state index in [1.54, 1.807) is 14.2 Å². The molecule has 1 aliphatic heterocycles. The van der Waals surface area contributed by atoms with Gasteiger partial charge in [-0.3, -0.25) is 4.79 Å². The first-order valence-electron chi connectivity index (χ1n) is 7.20. The summed E-state index contributed by atoms with van der Waals surface area (Å²) < 4.78 is 10.8. The van der Waals surface area contributed by atoms with Crippen LogP contribution in [-0.4, -0.2) is 55.3 Å². The van der Waals surface area contributed by atoms with Crippen LogP contribution >= 0.6 is 12.2 Å². The van der Waals surface area contributed by atoms with E-state index in [0.29, 0.717) is 18.1 Å². The van der Waals surface area contributed by atoms with Gasteiger partial charge in [0, 0.05) is 27.3 Å². The summed E-state index contributed by atoms with van der Waals surface area (Å²) in [5.41, 5.74) is 5.28. The maximum Gasteiger partial charge on any atom is 0.235 e. The Morgan fingerprint density at radius 2 is 1.65 bits per heavy atom. The van der Waals surface area contributed by atoms with Crippen molar-refractivity contribution in [3.05, 3.63) is 0 Å². The van der Waals surface area contributed by atoms with Crippen molar-refractivity contribution in [3.8, 4) is 0 Å². The number of amides is 1. The minimum Gasteiger partial charge on any atom is -0.392 e. The van der Waals surface area contributed by atoms with E-state index in [4.69, 9.17) is 27.4 Å². The van der Waals surface area contributed by atoms with Crippen LogP contribution in [-0.2, 0) is 14.3 Å². The maximum atomic E-state index is 12.9. The smallest absolute Gasteiger partial charge is 0.235 e. The summed E-state index contributed by atoms with van der Waals surface area (Å²) in [6, 6.07) is 0. The zero-order valence-electron chi connectivity index (χ0n) is 12.3. The van der Waals surface area contributed by atoms with Gasteiger partial charge in [0.05, 0.1) is 10.4 Å². The summed E-state index contributed by atoms with van der Waals surface area (Å²) in [5, 5.41) is 0. The molecule has 2 rings (SSSR count). The highest BCUT2D eigenvalue weighted by Gasteiger charge is 2.47. The molecule has 1 amide bonds. The topological polar surface area (TPSA) is 64.8 Å². The van der Waals surface area contributed by atoms with E-state index in [1.165, 1.54) is 0 Å². The molecule has 0 aromatic rings. The number of nitrogens with two attached hydrogens (primary N) is 1. The van der Waals surface area contributed by atoms with Crippen LogP contribution in [0.3, 0.4) is 0 Å². The van der Waals surface area contributed by atoms with E-state index >= 15 is 0 Å².